The molecule has 1 aliphatic rings. The van der Waals surface area contributed by atoms with Gasteiger partial charge in [0.05, 0.1) is 13.2 Å². The molecule has 11 amide bonds. The summed E-state index contributed by atoms with van der Waals surface area (Å²) in [5.74, 6) is -12.3. The van der Waals surface area contributed by atoms with Gasteiger partial charge in [0.2, 0.25) is 65.1 Å². The van der Waals surface area contributed by atoms with Gasteiger partial charge in [-0.2, -0.15) is 0 Å². The van der Waals surface area contributed by atoms with E-state index < -0.39 is 161 Å². The summed E-state index contributed by atoms with van der Waals surface area (Å²) in [4.78, 5) is 185. The molecule has 1 saturated heterocycles. The number of amides is 11. The molecule has 5 N–H and O–H groups in total. The summed E-state index contributed by atoms with van der Waals surface area (Å²) in [6, 6.07) is -15.2. The molecular formula is C67H121N11O14. The van der Waals surface area contributed by atoms with Gasteiger partial charge in [-0.25, -0.2) is 4.79 Å². The van der Waals surface area contributed by atoms with Crippen molar-refractivity contribution in [1.82, 2.24) is 55.6 Å². The second-order valence-corrected chi connectivity index (χ2v) is 28.1. The first-order valence-electron chi connectivity index (χ1n) is 33.4. The third-order valence-electron chi connectivity index (χ3n) is 17.7. The molecule has 92 heavy (non-hydrogen) atoms. The average Bonchev–Trinajstić information content (AvgIpc) is 0.814. The van der Waals surface area contributed by atoms with Crippen LogP contribution in [0.2, 0.25) is 0 Å². The molecule has 13 atom stereocenters. The van der Waals surface area contributed by atoms with Crippen LogP contribution in [0.4, 0.5) is 0 Å². The van der Waals surface area contributed by atoms with Crippen LogP contribution in [0.3, 0.4) is 0 Å². The van der Waals surface area contributed by atoms with Gasteiger partial charge in [0, 0.05) is 49.3 Å². The fourth-order valence-electron chi connectivity index (χ4n) is 11.9. The van der Waals surface area contributed by atoms with Gasteiger partial charge in [-0.1, -0.05) is 136 Å². The number of likely N-dealkylation sites (N-methyl/N-ethyl adjacent to an activating group) is 7. The second-order valence-electron chi connectivity index (χ2n) is 28.1. The van der Waals surface area contributed by atoms with Gasteiger partial charge in [0.25, 0.3) is 5.91 Å². The number of methoxy groups -OCH3 is 1. The summed E-state index contributed by atoms with van der Waals surface area (Å²) in [5, 5.41) is 23.3. The molecule has 25 nitrogen and oxygen atoms in total. The number of ether oxygens (including phenoxy) is 1. The normalized spacial score (nSPS) is 26.4. The van der Waals surface area contributed by atoms with E-state index in [1.165, 1.54) is 82.8 Å². The predicted octanol–water partition coefficient (Wildman–Crippen LogP) is 4.20. The van der Waals surface area contributed by atoms with Crippen LogP contribution < -0.4 is 21.3 Å². The molecule has 0 aromatic rings. The zero-order valence-electron chi connectivity index (χ0n) is 60.6. The number of esters is 1. The quantitative estimate of drug-likeness (QED) is 0.0649. The molecule has 0 aromatic heterocycles. The van der Waals surface area contributed by atoms with Crippen molar-refractivity contribution < 1.29 is 67.4 Å². The van der Waals surface area contributed by atoms with Crippen molar-refractivity contribution in [2.45, 2.75) is 261 Å². The number of aliphatic hydroxyl groups is 1. The molecule has 0 saturated carbocycles. The molecule has 0 aromatic carbocycles. The number of carbonyl (C=O) groups is 12. The Balaban J connectivity index is 4.51. The molecule has 1 rings (SSSR count). The highest BCUT2D eigenvalue weighted by atomic mass is 16.5. The lowest BCUT2D eigenvalue weighted by molar-refractivity contribution is -0.162. The van der Waals surface area contributed by atoms with Crippen LogP contribution >= 0.6 is 0 Å². The van der Waals surface area contributed by atoms with E-state index in [4.69, 9.17) is 4.74 Å². The molecule has 25 heteroatoms. The van der Waals surface area contributed by atoms with Crippen molar-refractivity contribution in [2.75, 3.05) is 56.4 Å². The Bertz CT molecular complexity index is 2490. The van der Waals surface area contributed by atoms with Gasteiger partial charge in [-0.05, 0) is 93.8 Å². The standard InChI is InChI=1S/C67H121N11O14/c1-26-28-29-30-31-32-43(15)55(79)53-59(83)70-46(27-2)61(85)78(24)54(67(91)92-25)66(90)73(19)48(34-38(5)6)58(82)71-51(41(11)12)64(88)72(18)47(33-37(3)4)57(81)68-44(16)56(80)69-45(17)60(84)74(20)49(35-39(7)8)62(86)75(21)50(36-40(9)10)63(87)76(22)52(42(13)14)65(89)77(53)23/h37-55,79H,26-36H2,1-25H3,(H,68,81)(H,69,80)(H,70,83)(H,71,82)/t43-,44+,45-,46+,47+,48+,49+,50+,51+,52+,53+,54+,55-/m1/s1. The minimum absolute atomic E-state index is 0.00189. The molecule has 1 aliphatic heterocycles. The van der Waals surface area contributed by atoms with Crippen molar-refractivity contribution in [3.63, 3.8) is 0 Å². The number of hydrogen-bond donors (Lipinski definition) is 5. The van der Waals surface area contributed by atoms with E-state index in [1.807, 2.05) is 41.5 Å². The minimum Gasteiger partial charge on any atom is -0.467 e. The van der Waals surface area contributed by atoms with E-state index in [2.05, 4.69) is 28.2 Å². The van der Waals surface area contributed by atoms with E-state index in [1.54, 1.807) is 55.4 Å². The summed E-state index contributed by atoms with van der Waals surface area (Å²) in [6.45, 7) is 29.8. The topological polar surface area (TPSA) is 305 Å². The van der Waals surface area contributed by atoms with E-state index in [9.17, 15) is 43.5 Å². The summed E-state index contributed by atoms with van der Waals surface area (Å²) in [7, 11) is 10.5. The van der Waals surface area contributed by atoms with Crippen molar-refractivity contribution in [3.05, 3.63) is 0 Å². The number of hydrogen-bond acceptors (Lipinski definition) is 14. The van der Waals surface area contributed by atoms with Crippen LogP contribution in [-0.2, 0) is 62.3 Å². The van der Waals surface area contributed by atoms with Gasteiger partial charge in [0.15, 0.2) is 0 Å². The smallest absolute Gasteiger partial charge is 0.338 e. The number of nitrogens with zero attached hydrogens (tertiary/aromatic N) is 7. The van der Waals surface area contributed by atoms with E-state index in [0.29, 0.717) is 12.8 Å². The molecule has 1 heterocycles. The van der Waals surface area contributed by atoms with Crippen LogP contribution in [0.25, 0.3) is 0 Å². The molecule has 0 aliphatic carbocycles. The predicted molar refractivity (Wildman–Crippen MR) is 353 cm³/mol. The fraction of sp³-hybridized carbons (Fsp3) is 0.821. The molecule has 0 bridgehead atoms. The van der Waals surface area contributed by atoms with E-state index in [0.717, 1.165) is 47.5 Å². The number of carbonyl (C=O) groups excluding carboxylic acids is 12. The maximum absolute atomic E-state index is 15.4. The third-order valence-corrected chi connectivity index (χ3v) is 17.7. The number of nitrogens with one attached hydrogen (secondary N) is 4. The van der Waals surface area contributed by atoms with E-state index in [-0.39, 0.29) is 55.8 Å². The Hall–Kier alpha value is -6.40. The average molecular weight is 1300 g/mol. The second kappa shape index (κ2) is 38.7. The zero-order chi connectivity index (χ0) is 71.3. The lowest BCUT2D eigenvalue weighted by Crippen LogP contribution is -2.64. The first-order valence-corrected chi connectivity index (χ1v) is 33.4. The largest absolute Gasteiger partial charge is 0.467 e. The Morgan fingerprint density at radius 1 is 0.435 bits per heavy atom. The maximum Gasteiger partial charge on any atom is 0.338 e. The lowest BCUT2D eigenvalue weighted by Gasteiger charge is -2.41. The van der Waals surface area contributed by atoms with Crippen LogP contribution in [0, 0.1) is 41.4 Å². The molecule has 1 fully saturated rings. The monoisotopic (exact) mass is 1300 g/mol. The molecule has 0 radical (unpaired) electrons. The van der Waals surface area contributed by atoms with Gasteiger partial charge in [-0.15, -0.1) is 0 Å². The SMILES string of the molecule is CCCCCCC[C@@H](C)[C@@H](O)[C@H]1C(=O)N[C@@H](CC)C(=O)N(C)[C@H](C(=O)OC)C(=O)N(C)[C@@H](CC(C)C)C(=O)N[C@@H](C(C)C)C(=O)N(C)[C@@H](CC(C)C)C(=O)N[C@@H](C)C(=O)N[C@H](C)C(=O)N(C)[C@@H](CC(C)C)C(=O)N(C)[C@@H](CC(C)C)C(=O)N(C)[C@@H](C(C)C)C(=O)N1C. The highest BCUT2D eigenvalue weighted by Crippen LogP contribution is 2.27. The summed E-state index contributed by atoms with van der Waals surface area (Å²) in [6.07, 6.45) is 3.68. The van der Waals surface area contributed by atoms with Crippen molar-refractivity contribution >= 4 is 70.9 Å². The Kier molecular flexibility index (Phi) is 35.2. The minimum atomic E-state index is -2.03. The van der Waals surface area contributed by atoms with Crippen LogP contribution in [0.1, 0.15) is 188 Å². The first kappa shape index (κ1) is 83.6. The number of aliphatic hydroxyl groups excluding tert-OH is 1. The Morgan fingerprint density at radius 2 is 0.848 bits per heavy atom. The number of rotatable bonds is 20. The van der Waals surface area contributed by atoms with Crippen LogP contribution in [0.5, 0.6) is 0 Å². The summed E-state index contributed by atoms with van der Waals surface area (Å²) >= 11 is 0. The molecular weight excluding hydrogens is 1180 g/mol. The highest BCUT2D eigenvalue weighted by molar-refractivity contribution is 6.07. The van der Waals surface area contributed by atoms with Gasteiger partial charge in [0.1, 0.15) is 60.4 Å². The Labute approximate surface area is 550 Å². The van der Waals surface area contributed by atoms with E-state index >= 15 is 19.2 Å². The Morgan fingerprint density at radius 3 is 1.29 bits per heavy atom. The summed E-state index contributed by atoms with van der Waals surface area (Å²) < 4.78 is 5.11. The molecule has 528 valence electrons. The third kappa shape index (κ3) is 23.3. The fourth-order valence-corrected chi connectivity index (χ4v) is 11.9. The van der Waals surface area contributed by atoms with Crippen LogP contribution in [-0.4, -0.2) is 239 Å². The first-order chi connectivity index (χ1) is 42.6. The maximum atomic E-state index is 15.4. The van der Waals surface area contributed by atoms with Crippen molar-refractivity contribution in [1.29, 1.82) is 0 Å². The van der Waals surface area contributed by atoms with Crippen LogP contribution in [0.15, 0.2) is 0 Å². The van der Waals surface area contributed by atoms with Gasteiger partial charge in [-0.3, -0.25) is 52.7 Å². The summed E-state index contributed by atoms with van der Waals surface area (Å²) in [5.41, 5.74) is 0. The molecule has 0 spiro atoms. The zero-order valence-corrected chi connectivity index (χ0v) is 60.6. The van der Waals surface area contributed by atoms with Crippen molar-refractivity contribution in [3.8, 4) is 0 Å². The highest BCUT2D eigenvalue weighted by Gasteiger charge is 2.47. The lowest BCUT2D eigenvalue weighted by atomic mass is 9.90. The van der Waals surface area contributed by atoms with Crippen molar-refractivity contribution in [2.24, 2.45) is 41.4 Å². The molecule has 0 unspecified atom stereocenters. The van der Waals surface area contributed by atoms with Gasteiger partial charge < -0.3 is 65.4 Å². The van der Waals surface area contributed by atoms with Gasteiger partial charge >= 0.3 is 5.97 Å². The number of unbranched alkanes of at least 4 members (excludes halogenated alkanes) is 4.